The molecular weight excluding hydrogens is 716 g/mol. The number of ether oxygens (including phenoxy) is 5. The number of carbonyl (C=O) groups excluding carboxylic acids is 3. The highest BCUT2D eigenvalue weighted by Gasteiger charge is 2.45. The zero-order valence-corrected chi connectivity index (χ0v) is 35.2. The molecule has 5 rings (SSSR count). The van der Waals surface area contributed by atoms with Crippen LogP contribution in [0.2, 0.25) is 0 Å². The van der Waals surface area contributed by atoms with Crippen LogP contribution in [-0.2, 0) is 38.1 Å². The number of piperidine rings is 1. The van der Waals surface area contributed by atoms with Crippen LogP contribution in [0.5, 0.6) is 0 Å². The topological polar surface area (TPSA) is 147 Å². The number of hydrogen-bond acceptors (Lipinski definition) is 11. The van der Waals surface area contributed by atoms with Crippen LogP contribution in [0.4, 0.5) is 0 Å². The van der Waals surface area contributed by atoms with E-state index in [1.165, 1.54) is 10.5 Å². The fourth-order valence-corrected chi connectivity index (χ4v) is 9.61. The van der Waals surface area contributed by atoms with Gasteiger partial charge >= 0.3 is 5.97 Å². The molecule has 1 amide bonds. The first-order valence-corrected chi connectivity index (χ1v) is 21.1. The Kier molecular flexibility index (Phi) is 15.9. The van der Waals surface area contributed by atoms with Gasteiger partial charge in [0.1, 0.15) is 30.1 Å². The van der Waals surface area contributed by atoms with Gasteiger partial charge in [-0.1, -0.05) is 50.6 Å². The molecule has 3 fully saturated rings. The predicted octanol–water partition coefficient (Wildman–Crippen LogP) is 6.85. The first-order valence-electron chi connectivity index (χ1n) is 21.1. The number of fused-ring (bicyclic) bond motifs is 5. The maximum absolute atomic E-state index is 14.4. The average Bonchev–Trinajstić information content (AvgIpc) is 3.61. The Labute approximate surface area is 334 Å². The molecule has 0 unspecified atom stereocenters. The lowest BCUT2D eigenvalue weighted by Crippen LogP contribution is -2.54. The zero-order valence-electron chi connectivity index (χ0n) is 35.2. The third kappa shape index (κ3) is 10.6. The first-order chi connectivity index (χ1) is 26.8. The van der Waals surface area contributed by atoms with E-state index in [-0.39, 0.29) is 54.4 Å². The van der Waals surface area contributed by atoms with E-state index in [0.29, 0.717) is 50.6 Å². The number of amides is 1. The smallest absolute Gasteiger partial charge is 0.329 e. The van der Waals surface area contributed by atoms with Crippen LogP contribution in [0, 0.1) is 17.8 Å². The van der Waals surface area contributed by atoms with Crippen molar-refractivity contribution in [2.45, 2.75) is 173 Å². The number of carbonyl (C=O) groups is 3. The van der Waals surface area contributed by atoms with Crippen molar-refractivity contribution >= 4 is 17.7 Å². The number of methoxy groups -OCH3 is 3. The van der Waals surface area contributed by atoms with Crippen LogP contribution in [-0.4, -0.2) is 109 Å². The normalized spacial score (nSPS) is 38.4. The molecule has 4 bridgehead atoms. The number of ketones is 1. The average molecular weight is 785 g/mol. The second-order valence-electron chi connectivity index (χ2n) is 17.3. The fourth-order valence-electron chi connectivity index (χ4n) is 9.61. The summed E-state index contributed by atoms with van der Waals surface area (Å²) in [7, 11) is 4.93. The second kappa shape index (κ2) is 20.2. The number of aliphatic hydroxyl groups is 1. The molecule has 12 heteroatoms. The van der Waals surface area contributed by atoms with E-state index in [1.54, 1.807) is 21.3 Å². The molecule has 4 aliphatic rings. The van der Waals surface area contributed by atoms with Crippen molar-refractivity contribution in [1.29, 1.82) is 0 Å². The van der Waals surface area contributed by atoms with E-state index in [2.05, 4.69) is 45.0 Å². The standard InChI is InChI=1S/C44H68N2O10/c1-10-31-18-25(2)17-26(3)20-38(52-8)42-39(53-9)21-27(4)19-37(54-42)40(48)43(49)46-16-12-11-13-33(46)44(50)55-41(29(6)32-24-35(31)56-45-32)28(5)22-30-14-15-34(47)36(23-30)51-7/h18,22,24,26-27,29-31,33-34,36-39,41-42,47H,10-17,19-21,23H2,1-9H3/b25-18+,28-22+/t26-,27-,29+,30-,31+,33-,34+,36+,37-,38-,39-,41+,42+/m0/s1. The van der Waals surface area contributed by atoms with Crippen LogP contribution < -0.4 is 0 Å². The molecule has 1 N–H and O–H groups in total. The molecule has 314 valence electrons. The van der Waals surface area contributed by atoms with Gasteiger partial charge in [-0.25, -0.2) is 4.79 Å². The summed E-state index contributed by atoms with van der Waals surface area (Å²) in [6.07, 6.45) is 7.70. The van der Waals surface area contributed by atoms with Crippen molar-refractivity contribution in [2.75, 3.05) is 27.9 Å². The van der Waals surface area contributed by atoms with Crippen LogP contribution in [0.3, 0.4) is 0 Å². The molecule has 0 radical (unpaired) electrons. The Bertz CT molecular complexity index is 1540. The molecule has 1 aliphatic carbocycles. The van der Waals surface area contributed by atoms with E-state index in [4.69, 9.17) is 28.2 Å². The van der Waals surface area contributed by atoms with Crippen molar-refractivity contribution in [3.63, 3.8) is 0 Å². The van der Waals surface area contributed by atoms with E-state index < -0.39 is 48.1 Å². The van der Waals surface area contributed by atoms with Crippen molar-refractivity contribution < 1.29 is 47.7 Å². The fraction of sp³-hybridized carbons (Fsp3) is 0.773. The van der Waals surface area contributed by atoms with Gasteiger partial charge in [-0.05, 0) is 108 Å². The highest BCUT2D eigenvalue weighted by molar-refractivity contribution is 6.38. The number of hydrogen-bond donors (Lipinski definition) is 1. The lowest BCUT2D eigenvalue weighted by Gasteiger charge is -2.37. The summed E-state index contributed by atoms with van der Waals surface area (Å²) in [6, 6.07) is 1.05. The van der Waals surface area contributed by atoms with Crippen molar-refractivity contribution in [1.82, 2.24) is 10.1 Å². The largest absolute Gasteiger partial charge is 0.456 e. The Morgan fingerprint density at radius 3 is 2.32 bits per heavy atom. The van der Waals surface area contributed by atoms with Crippen LogP contribution in [0.25, 0.3) is 0 Å². The van der Waals surface area contributed by atoms with Gasteiger partial charge in [-0.15, -0.1) is 0 Å². The predicted molar refractivity (Wildman–Crippen MR) is 211 cm³/mol. The van der Waals surface area contributed by atoms with Gasteiger partial charge in [-0.2, -0.15) is 0 Å². The maximum atomic E-state index is 14.4. The highest BCUT2D eigenvalue weighted by Crippen LogP contribution is 2.36. The third-order valence-corrected chi connectivity index (χ3v) is 12.8. The van der Waals surface area contributed by atoms with E-state index in [0.717, 1.165) is 37.0 Å². The van der Waals surface area contributed by atoms with Crippen LogP contribution >= 0.6 is 0 Å². The summed E-state index contributed by atoms with van der Waals surface area (Å²) in [5.74, 6) is -1.20. The highest BCUT2D eigenvalue weighted by atomic mass is 16.6. The van der Waals surface area contributed by atoms with E-state index in [1.807, 2.05) is 19.9 Å². The van der Waals surface area contributed by atoms with Crippen molar-refractivity contribution in [3.05, 3.63) is 40.8 Å². The second-order valence-corrected chi connectivity index (χ2v) is 17.3. The Balaban J connectivity index is 1.55. The van der Waals surface area contributed by atoms with Gasteiger partial charge in [0.15, 0.2) is 0 Å². The van der Waals surface area contributed by atoms with E-state index >= 15 is 0 Å². The lowest BCUT2D eigenvalue weighted by molar-refractivity contribution is -0.170. The molecule has 13 atom stereocenters. The molecular formula is C44H68N2O10. The number of cyclic esters (lactones) is 1. The summed E-state index contributed by atoms with van der Waals surface area (Å²) in [4.78, 5) is 44.3. The molecule has 0 spiro atoms. The molecule has 1 aromatic heterocycles. The minimum absolute atomic E-state index is 0.00149. The lowest BCUT2D eigenvalue weighted by atomic mass is 9.82. The quantitative estimate of drug-likeness (QED) is 0.184. The summed E-state index contributed by atoms with van der Waals surface area (Å²) in [5, 5.41) is 15.0. The number of nitrogens with zero attached hydrogens (tertiary/aromatic N) is 2. The Morgan fingerprint density at radius 1 is 0.946 bits per heavy atom. The van der Waals surface area contributed by atoms with Crippen molar-refractivity contribution in [3.8, 4) is 0 Å². The summed E-state index contributed by atoms with van der Waals surface area (Å²) < 4.78 is 36.7. The van der Waals surface area contributed by atoms with Crippen molar-refractivity contribution in [2.24, 2.45) is 17.8 Å². The Morgan fingerprint density at radius 2 is 1.64 bits per heavy atom. The number of Topliss-reactive ketones (excluding diaryl/α,β-unsaturated/α-hetero) is 1. The summed E-state index contributed by atoms with van der Waals surface area (Å²) in [5.41, 5.74) is 2.72. The number of allylic oxidation sites excluding steroid dienone is 3. The third-order valence-electron chi connectivity index (χ3n) is 12.8. The van der Waals surface area contributed by atoms with Gasteiger partial charge in [0.2, 0.25) is 5.78 Å². The number of aromatic nitrogens is 1. The van der Waals surface area contributed by atoms with E-state index in [9.17, 15) is 19.5 Å². The maximum Gasteiger partial charge on any atom is 0.329 e. The Hall–Kier alpha value is -2.90. The number of rotatable bonds is 6. The minimum atomic E-state index is -1.00. The molecule has 56 heavy (non-hydrogen) atoms. The monoisotopic (exact) mass is 784 g/mol. The molecule has 4 heterocycles. The minimum Gasteiger partial charge on any atom is -0.456 e. The van der Waals surface area contributed by atoms with Crippen LogP contribution in [0.1, 0.15) is 135 Å². The SMILES string of the molecule is CC[C@@H]1/C=C(\C)C[C@H](C)C[C@H](OC)[C@H]2O[C@@H](C[C@H](C)C[C@@H]2OC)C(=O)C(=O)N2CCCC[C@H]2C(=O)O[C@H](/C(C)=C/[C@@H]2CC[C@@H](O)[C@H](OC)C2)[C@H](C)c2cc1on2. The van der Waals surface area contributed by atoms with Crippen LogP contribution in [0.15, 0.2) is 33.9 Å². The van der Waals surface area contributed by atoms with Gasteiger partial charge in [0.05, 0.1) is 30.1 Å². The first kappa shape index (κ1) is 44.2. The van der Waals surface area contributed by atoms with Gasteiger partial charge in [-0.3, -0.25) is 9.59 Å². The molecule has 1 saturated carbocycles. The number of aliphatic hydroxyl groups excluding tert-OH is 1. The summed E-state index contributed by atoms with van der Waals surface area (Å²) >= 11 is 0. The molecule has 1 aromatic rings. The van der Waals surface area contributed by atoms with Gasteiger partial charge in [0.25, 0.3) is 5.91 Å². The van der Waals surface area contributed by atoms with Gasteiger partial charge in [0, 0.05) is 45.8 Å². The molecule has 12 nitrogen and oxygen atoms in total. The zero-order chi connectivity index (χ0) is 40.7. The molecule has 0 aromatic carbocycles. The molecule has 3 aliphatic heterocycles. The number of esters is 1. The molecule has 2 saturated heterocycles. The van der Waals surface area contributed by atoms with Gasteiger partial charge < -0.3 is 38.2 Å². The summed E-state index contributed by atoms with van der Waals surface area (Å²) in [6.45, 7) is 12.7.